The number of benzene rings is 2. The smallest absolute Gasteiger partial charge is 0.408 e. The molecule has 0 saturated carbocycles. The Labute approximate surface area is 177 Å². The second-order valence-corrected chi connectivity index (χ2v) is 9.49. The molecular weight excluding hydrogens is 405 g/mol. The van der Waals surface area contributed by atoms with E-state index in [1.54, 1.807) is 6.92 Å². The third-order valence-corrected chi connectivity index (χ3v) is 7.21. The van der Waals surface area contributed by atoms with Crippen molar-refractivity contribution in [3.63, 3.8) is 0 Å². The molecular formula is C22H28NO6P. The minimum Gasteiger partial charge on any atom is -0.466 e. The lowest BCUT2D eigenvalue weighted by Gasteiger charge is -2.27. The van der Waals surface area contributed by atoms with E-state index in [4.69, 9.17) is 14.0 Å². The second-order valence-electron chi connectivity index (χ2n) is 6.60. The molecule has 0 aromatic heterocycles. The zero-order chi connectivity index (χ0) is 21.8. The first-order valence-corrected chi connectivity index (χ1v) is 11.7. The van der Waals surface area contributed by atoms with Crippen molar-refractivity contribution in [3.05, 3.63) is 71.8 Å². The molecule has 2 rings (SSSR count). The van der Waals surface area contributed by atoms with Gasteiger partial charge in [0.25, 0.3) is 0 Å². The number of nitrogens with one attached hydrogen (secondary N) is 1. The van der Waals surface area contributed by atoms with E-state index in [0.717, 1.165) is 11.1 Å². The lowest BCUT2D eigenvalue weighted by Crippen LogP contribution is -2.38. The second kappa shape index (κ2) is 12.2. The molecule has 7 nitrogen and oxygen atoms in total. The van der Waals surface area contributed by atoms with E-state index >= 15 is 0 Å². The molecule has 2 aromatic carbocycles. The van der Waals surface area contributed by atoms with Gasteiger partial charge in [-0.05, 0) is 18.1 Å². The summed E-state index contributed by atoms with van der Waals surface area (Å²) in [7, 11) is -2.10. The van der Waals surface area contributed by atoms with Crippen LogP contribution >= 0.6 is 7.37 Å². The highest BCUT2D eigenvalue weighted by Crippen LogP contribution is 2.51. The van der Waals surface area contributed by atoms with Gasteiger partial charge in [-0.25, -0.2) is 4.79 Å². The van der Waals surface area contributed by atoms with Gasteiger partial charge in [0.1, 0.15) is 12.4 Å². The van der Waals surface area contributed by atoms with Gasteiger partial charge < -0.3 is 19.3 Å². The molecule has 0 saturated heterocycles. The first-order chi connectivity index (χ1) is 14.5. The van der Waals surface area contributed by atoms with Gasteiger partial charge in [0.05, 0.1) is 13.0 Å². The minimum absolute atomic E-state index is 0.0429. The monoisotopic (exact) mass is 433 g/mol. The van der Waals surface area contributed by atoms with Gasteiger partial charge in [0.15, 0.2) is 0 Å². The lowest BCUT2D eigenvalue weighted by molar-refractivity contribution is -0.142. The molecule has 2 aromatic rings. The van der Waals surface area contributed by atoms with Crippen molar-refractivity contribution in [2.45, 2.75) is 32.2 Å². The Morgan fingerprint density at radius 3 is 2.13 bits per heavy atom. The molecule has 8 heteroatoms. The van der Waals surface area contributed by atoms with E-state index in [0.29, 0.717) is 0 Å². The normalized spacial score (nSPS) is 13.7. The molecule has 0 aliphatic rings. The number of hydrogen-bond acceptors (Lipinski definition) is 6. The van der Waals surface area contributed by atoms with E-state index in [1.165, 1.54) is 7.11 Å². The van der Waals surface area contributed by atoms with E-state index in [-0.39, 0.29) is 32.2 Å². The van der Waals surface area contributed by atoms with Gasteiger partial charge in [0, 0.05) is 19.7 Å². The Bertz CT molecular complexity index is 843. The summed E-state index contributed by atoms with van der Waals surface area (Å²) in [5.74, 6) is -1.30. The van der Waals surface area contributed by atoms with Crippen LogP contribution in [0.1, 0.15) is 24.5 Å². The number of hydrogen-bond donors (Lipinski definition) is 1. The largest absolute Gasteiger partial charge is 0.466 e. The Hall–Kier alpha value is -2.63. The van der Waals surface area contributed by atoms with Crippen LogP contribution in [0.4, 0.5) is 4.79 Å². The van der Waals surface area contributed by atoms with E-state index in [9.17, 15) is 14.2 Å². The lowest BCUT2D eigenvalue weighted by atomic mass is 10.1. The van der Waals surface area contributed by atoms with Crippen LogP contribution in [0.2, 0.25) is 0 Å². The van der Waals surface area contributed by atoms with Crippen LogP contribution < -0.4 is 5.32 Å². The Morgan fingerprint density at radius 2 is 1.57 bits per heavy atom. The van der Waals surface area contributed by atoms with Crippen LogP contribution in [0.15, 0.2) is 60.7 Å². The molecule has 30 heavy (non-hydrogen) atoms. The van der Waals surface area contributed by atoms with Crippen LogP contribution in [-0.2, 0) is 36.4 Å². The molecule has 0 aliphatic carbocycles. The Morgan fingerprint density at radius 1 is 0.967 bits per heavy atom. The quantitative estimate of drug-likeness (QED) is 0.418. The van der Waals surface area contributed by atoms with Crippen LogP contribution in [0.3, 0.4) is 0 Å². The summed E-state index contributed by atoms with van der Waals surface area (Å²) in [4.78, 5) is 24.2. The first kappa shape index (κ1) is 23.6. The number of amides is 1. The predicted octanol–water partition coefficient (Wildman–Crippen LogP) is 4.36. The molecule has 0 aliphatic heterocycles. The molecule has 162 valence electrons. The van der Waals surface area contributed by atoms with Crippen LogP contribution in [0.5, 0.6) is 0 Å². The minimum atomic E-state index is -3.42. The molecule has 2 unspecified atom stereocenters. The SMILES string of the molecule is CCOC(=O)CCP(=O)(OC)C(Cc1ccccc1)NC(=O)OCc1ccccc1. The highest BCUT2D eigenvalue weighted by Gasteiger charge is 2.35. The summed E-state index contributed by atoms with van der Waals surface area (Å²) in [6, 6.07) is 18.6. The third kappa shape index (κ3) is 7.65. The fraction of sp³-hybridized carbons (Fsp3) is 0.364. The fourth-order valence-electron chi connectivity index (χ4n) is 2.88. The highest BCUT2D eigenvalue weighted by molar-refractivity contribution is 7.59. The number of esters is 1. The number of rotatable bonds is 11. The zero-order valence-corrected chi connectivity index (χ0v) is 18.2. The van der Waals surface area contributed by atoms with E-state index < -0.39 is 25.2 Å². The average Bonchev–Trinajstić information content (AvgIpc) is 2.77. The summed E-state index contributed by atoms with van der Waals surface area (Å²) < 4.78 is 29.0. The van der Waals surface area contributed by atoms with Crippen molar-refractivity contribution in [2.75, 3.05) is 19.9 Å². The predicted molar refractivity (Wildman–Crippen MR) is 114 cm³/mol. The fourth-order valence-corrected chi connectivity index (χ4v) is 4.92. The molecule has 0 spiro atoms. The average molecular weight is 433 g/mol. The van der Waals surface area contributed by atoms with Gasteiger partial charge >= 0.3 is 12.1 Å². The number of carbonyl (C=O) groups excluding carboxylic acids is 2. The van der Waals surface area contributed by atoms with Gasteiger partial charge in [0.2, 0.25) is 7.37 Å². The summed E-state index contributed by atoms with van der Waals surface area (Å²) in [6.45, 7) is 2.04. The third-order valence-electron chi connectivity index (χ3n) is 4.49. The number of alkyl carbamates (subject to hydrolysis) is 1. The van der Waals surface area contributed by atoms with E-state index in [1.807, 2.05) is 60.7 Å². The Kier molecular flexibility index (Phi) is 9.58. The summed E-state index contributed by atoms with van der Waals surface area (Å²) in [6.07, 6.45) is -0.535. The van der Waals surface area contributed by atoms with E-state index in [2.05, 4.69) is 5.32 Å². The van der Waals surface area contributed by atoms with Gasteiger partial charge in [-0.1, -0.05) is 60.7 Å². The molecule has 0 radical (unpaired) electrons. The van der Waals surface area contributed by atoms with Gasteiger partial charge in [-0.3, -0.25) is 9.36 Å². The molecule has 1 amide bonds. The van der Waals surface area contributed by atoms with Gasteiger partial charge in [-0.2, -0.15) is 0 Å². The van der Waals surface area contributed by atoms with Crippen LogP contribution in [0.25, 0.3) is 0 Å². The maximum Gasteiger partial charge on any atom is 0.408 e. The summed E-state index contributed by atoms with van der Waals surface area (Å²) >= 11 is 0. The summed E-state index contributed by atoms with van der Waals surface area (Å²) in [5.41, 5.74) is 1.71. The van der Waals surface area contributed by atoms with Gasteiger partial charge in [-0.15, -0.1) is 0 Å². The molecule has 0 bridgehead atoms. The zero-order valence-electron chi connectivity index (χ0n) is 17.3. The van der Waals surface area contributed by atoms with Crippen molar-refractivity contribution >= 4 is 19.4 Å². The van der Waals surface area contributed by atoms with Crippen molar-refractivity contribution in [2.24, 2.45) is 0 Å². The Balaban J connectivity index is 2.10. The molecule has 0 heterocycles. The molecule has 1 N–H and O–H groups in total. The maximum absolute atomic E-state index is 13.5. The standard InChI is InChI=1S/C22H28NO6P/c1-3-28-21(24)14-15-30(26,27-2)20(16-18-10-6-4-7-11-18)23-22(25)29-17-19-12-8-5-9-13-19/h4-13,20H,3,14-17H2,1-2H3,(H,23,25). The van der Waals surface area contributed by atoms with Crippen LogP contribution in [0, 0.1) is 0 Å². The topological polar surface area (TPSA) is 90.9 Å². The summed E-state index contributed by atoms with van der Waals surface area (Å²) in [5, 5.41) is 2.68. The highest BCUT2D eigenvalue weighted by atomic mass is 31.2. The van der Waals surface area contributed by atoms with Crippen molar-refractivity contribution in [1.82, 2.24) is 5.32 Å². The van der Waals surface area contributed by atoms with Crippen LogP contribution in [-0.4, -0.2) is 37.7 Å². The number of carbonyl (C=O) groups is 2. The van der Waals surface area contributed by atoms with Crippen molar-refractivity contribution < 1.29 is 28.2 Å². The molecule has 0 fully saturated rings. The number of ether oxygens (including phenoxy) is 2. The first-order valence-electron chi connectivity index (χ1n) is 9.78. The van der Waals surface area contributed by atoms with Crippen molar-refractivity contribution in [3.8, 4) is 0 Å². The molecule has 2 atom stereocenters. The maximum atomic E-state index is 13.5. The van der Waals surface area contributed by atoms with Crippen molar-refractivity contribution in [1.29, 1.82) is 0 Å².